The van der Waals surface area contributed by atoms with Crippen LogP contribution in [0.5, 0.6) is 5.75 Å². The van der Waals surface area contributed by atoms with E-state index in [9.17, 15) is 9.59 Å². The second-order valence-electron chi connectivity index (χ2n) is 6.32. The van der Waals surface area contributed by atoms with Crippen molar-refractivity contribution in [3.05, 3.63) is 66.2 Å². The Kier molecular flexibility index (Phi) is 10.5. The zero-order valence-electron chi connectivity index (χ0n) is 17.7. The highest BCUT2D eigenvalue weighted by Gasteiger charge is 2.28. The molecule has 0 aliphatic heterocycles. The molecule has 0 aliphatic carbocycles. The van der Waals surface area contributed by atoms with Gasteiger partial charge in [-0.1, -0.05) is 18.2 Å². The molecule has 0 saturated carbocycles. The molecule has 2 atom stereocenters. The van der Waals surface area contributed by atoms with Gasteiger partial charge in [-0.2, -0.15) is 0 Å². The van der Waals surface area contributed by atoms with Crippen molar-refractivity contribution in [1.29, 1.82) is 0 Å². The average molecular weight is 463 g/mol. The zero-order valence-corrected chi connectivity index (χ0v) is 18.5. The summed E-state index contributed by atoms with van der Waals surface area (Å²) in [6.45, 7) is -0.158. The van der Waals surface area contributed by atoms with Gasteiger partial charge in [0.1, 0.15) is 18.5 Å². The number of benzene rings is 2. The first kappa shape index (κ1) is 25.2. The fraction of sp³-hybridized carbons (Fsp3) is 0.273. The van der Waals surface area contributed by atoms with E-state index in [4.69, 9.17) is 24.5 Å². The van der Waals surface area contributed by atoms with Crippen LogP contribution in [0.4, 0.5) is 10.5 Å². The molecule has 0 saturated heterocycles. The van der Waals surface area contributed by atoms with E-state index in [2.05, 4.69) is 5.32 Å². The van der Waals surface area contributed by atoms with E-state index >= 15 is 0 Å². The average Bonchev–Trinajstić information content (AvgIpc) is 2.82. The summed E-state index contributed by atoms with van der Waals surface area (Å²) in [4.78, 5) is 25.2. The number of ether oxygens (including phenoxy) is 3. The summed E-state index contributed by atoms with van der Waals surface area (Å²) in [6, 6.07) is 14.0. The molecule has 2 amide bonds. The lowest BCUT2D eigenvalue weighted by molar-refractivity contribution is -0.124. The van der Waals surface area contributed by atoms with Crippen molar-refractivity contribution in [3.63, 3.8) is 0 Å². The summed E-state index contributed by atoms with van der Waals surface area (Å²) in [5.41, 5.74) is 2.50. The predicted molar refractivity (Wildman–Crippen MR) is 120 cm³/mol. The number of hydroxylamine groups is 1. The maximum Gasteiger partial charge on any atom is 0.412 e. The Morgan fingerprint density at radius 2 is 1.88 bits per heavy atom. The number of aliphatic hydroxyl groups is 1. The Morgan fingerprint density at radius 1 is 1.16 bits per heavy atom. The van der Waals surface area contributed by atoms with Gasteiger partial charge in [-0.05, 0) is 42.7 Å². The number of para-hydroxylation sites is 1. The monoisotopic (exact) mass is 462 g/mol. The van der Waals surface area contributed by atoms with Gasteiger partial charge in [0.15, 0.2) is 6.10 Å². The Labute approximate surface area is 190 Å². The number of anilines is 1. The van der Waals surface area contributed by atoms with Crippen LogP contribution in [0.3, 0.4) is 0 Å². The smallest absolute Gasteiger partial charge is 0.412 e. The van der Waals surface area contributed by atoms with Crippen LogP contribution in [0, 0.1) is 0 Å². The SMILES string of the molecule is CO[C@H](/C=C/C(=O)NO)[C@H](OC(=O)Nc1ccc(SC)cc1)c1ccccc1OCCO. The molecule has 2 rings (SSSR count). The highest BCUT2D eigenvalue weighted by atomic mass is 32.2. The minimum atomic E-state index is -1.01. The molecule has 0 aliphatic rings. The van der Waals surface area contributed by atoms with Crippen molar-refractivity contribution in [2.24, 2.45) is 0 Å². The minimum Gasteiger partial charge on any atom is -0.491 e. The highest BCUT2D eigenvalue weighted by molar-refractivity contribution is 7.98. The molecular weight excluding hydrogens is 436 g/mol. The van der Waals surface area contributed by atoms with Crippen LogP contribution >= 0.6 is 11.8 Å². The summed E-state index contributed by atoms with van der Waals surface area (Å²) in [5.74, 6) is -0.389. The van der Waals surface area contributed by atoms with E-state index in [1.165, 1.54) is 18.7 Å². The van der Waals surface area contributed by atoms with Crippen LogP contribution in [0.1, 0.15) is 11.7 Å². The number of hydrogen-bond donors (Lipinski definition) is 4. The molecule has 0 fully saturated rings. The zero-order chi connectivity index (χ0) is 23.3. The van der Waals surface area contributed by atoms with Crippen LogP contribution < -0.4 is 15.5 Å². The first-order valence-corrected chi connectivity index (χ1v) is 10.8. The van der Waals surface area contributed by atoms with Crippen molar-refractivity contribution in [2.45, 2.75) is 17.1 Å². The Morgan fingerprint density at radius 3 is 2.50 bits per heavy atom. The summed E-state index contributed by atoms with van der Waals surface area (Å²) < 4.78 is 16.7. The van der Waals surface area contributed by atoms with E-state index < -0.39 is 24.2 Å². The van der Waals surface area contributed by atoms with E-state index in [1.54, 1.807) is 48.2 Å². The Bertz CT molecular complexity index is 905. The van der Waals surface area contributed by atoms with E-state index in [0.29, 0.717) is 17.0 Å². The molecule has 32 heavy (non-hydrogen) atoms. The van der Waals surface area contributed by atoms with E-state index in [-0.39, 0.29) is 13.2 Å². The van der Waals surface area contributed by atoms with Crippen LogP contribution in [0.2, 0.25) is 0 Å². The van der Waals surface area contributed by atoms with Gasteiger partial charge in [-0.15, -0.1) is 11.8 Å². The van der Waals surface area contributed by atoms with Gasteiger partial charge >= 0.3 is 6.09 Å². The van der Waals surface area contributed by atoms with Crippen LogP contribution in [-0.4, -0.2) is 55.0 Å². The molecule has 2 aromatic rings. The standard InChI is InChI=1S/C22H26N2O7S/c1-29-19(11-12-20(26)24-28)21(17-5-3-4-6-18(17)30-14-13-25)31-22(27)23-15-7-9-16(32-2)10-8-15/h3-12,19,21,25,28H,13-14H2,1-2H3,(H,23,27)(H,24,26)/b12-11+/t19-,21-/m1/s1. The maximum absolute atomic E-state index is 12.7. The van der Waals surface area contributed by atoms with Crippen LogP contribution in [0.15, 0.2) is 65.6 Å². The van der Waals surface area contributed by atoms with Gasteiger partial charge in [0, 0.05) is 29.3 Å². The van der Waals surface area contributed by atoms with Gasteiger partial charge in [-0.3, -0.25) is 15.3 Å². The van der Waals surface area contributed by atoms with Gasteiger partial charge in [0.2, 0.25) is 0 Å². The molecule has 9 nitrogen and oxygen atoms in total. The third-order valence-electron chi connectivity index (χ3n) is 4.26. The number of thioether (sulfide) groups is 1. The third-order valence-corrected chi connectivity index (χ3v) is 5.01. The molecule has 2 aromatic carbocycles. The lowest BCUT2D eigenvalue weighted by Crippen LogP contribution is -2.28. The van der Waals surface area contributed by atoms with E-state index in [0.717, 1.165) is 11.0 Å². The molecule has 0 bridgehead atoms. The predicted octanol–water partition coefficient (Wildman–Crippen LogP) is 3.15. The second-order valence-corrected chi connectivity index (χ2v) is 7.20. The van der Waals surface area contributed by atoms with Crippen molar-refractivity contribution in [2.75, 3.05) is 31.9 Å². The number of methoxy groups -OCH3 is 1. The number of amides is 2. The number of nitrogens with one attached hydrogen (secondary N) is 2. The fourth-order valence-electron chi connectivity index (χ4n) is 2.77. The summed E-state index contributed by atoms with van der Waals surface area (Å²) in [7, 11) is 1.39. The number of rotatable bonds is 11. The van der Waals surface area contributed by atoms with Crippen molar-refractivity contribution < 1.29 is 34.1 Å². The number of aliphatic hydroxyl groups excluding tert-OH is 1. The summed E-state index contributed by atoms with van der Waals surface area (Å²) >= 11 is 1.58. The molecule has 0 heterocycles. The quantitative estimate of drug-likeness (QED) is 0.174. The van der Waals surface area contributed by atoms with Gasteiger partial charge in [0.05, 0.1) is 6.61 Å². The second kappa shape index (κ2) is 13.4. The van der Waals surface area contributed by atoms with Crippen LogP contribution in [0.25, 0.3) is 0 Å². The molecule has 172 valence electrons. The molecule has 0 aromatic heterocycles. The Hall–Kier alpha value is -3.05. The van der Waals surface area contributed by atoms with Gasteiger partial charge in [0.25, 0.3) is 5.91 Å². The number of carbonyl (C=O) groups excluding carboxylic acids is 2. The number of carbonyl (C=O) groups is 2. The maximum atomic E-state index is 12.7. The lowest BCUT2D eigenvalue weighted by atomic mass is 10.0. The first-order chi connectivity index (χ1) is 15.5. The van der Waals surface area contributed by atoms with Crippen molar-refractivity contribution in [3.8, 4) is 5.75 Å². The molecule has 4 N–H and O–H groups in total. The first-order valence-electron chi connectivity index (χ1n) is 9.61. The molecule has 10 heteroatoms. The summed E-state index contributed by atoms with van der Waals surface area (Å²) in [6.07, 6.45) is 1.71. The van der Waals surface area contributed by atoms with Crippen molar-refractivity contribution in [1.82, 2.24) is 5.48 Å². The third kappa shape index (κ3) is 7.57. The topological polar surface area (TPSA) is 126 Å². The Balaban J connectivity index is 2.31. The van der Waals surface area contributed by atoms with Gasteiger partial charge in [-0.25, -0.2) is 10.3 Å². The van der Waals surface area contributed by atoms with Gasteiger partial charge < -0.3 is 19.3 Å². The number of hydrogen-bond acceptors (Lipinski definition) is 8. The molecule has 0 radical (unpaired) electrons. The lowest BCUT2D eigenvalue weighted by Gasteiger charge is -2.26. The van der Waals surface area contributed by atoms with Crippen molar-refractivity contribution >= 4 is 29.4 Å². The molecule has 0 spiro atoms. The minimum absolute atomic E-state index is 0.0398. The fourth-order valence-corrected chi connectivity index (χ4v) is 3.18. The summed E-state index contributed by atoms with van der Waals surface area (Å²) in [5, 5.41) is 20.5. The molecular formula is C22H26N2O7S. The van der Waals surface area contributed by atoms with E-state index in [1.807, 2.05) is 18.4 Å². The highest BCUT2D eigenvalue weighted by Crippen LogP contribution is 2.32. The largest absolute Gasteiger partial charge is 0.491 e. The normalized spacial score (nSPS) is 12.8. The molecule has 0 unspecified atom stereocenters. The van der Waals surface area contributed by atoms with Crippen LogP contribution in [-0.2, 0) is 14.3 Å².